The number of methoxy groups -OCH3 is 3. The molecule has 0 bridgehead atoms. The zero-order chi connectivity index (χ0) is 23.7. The Bertz CT molecular complexity index is 1300. The maximum atomic E-state index is 5.48. The van der Waals surface area contributed by atoms with Crippen molar-refractivity contribution in [2.24, 2.45) is 0 Å². The summed E-state index contributed by atoms with van der Waals surface area (Å²) in [6.07, 6.45) is 7.60. The van der Waals surface area contributed by atoms with Crippen molar-refractivity contribution in [3.63, 3.8) is 0 Å². The largest absolute Gasteiger partial charge is 0.493 e. The van der Waals surface area contributed by atoms with Gasteiger partial charge in [-0.1, -0.05) is 0 Å². The van der Waals surface area contributed by atoms with Crippen molar-refractivity contribution in [2.75, 3.05) is 38.1 Å². The van der Waals surface area contributed by atoms with Crippen molar-refractivity contribution in [1.29, 1.82) is 0 Å². The predicted octanol–water partition coefficient (Wildman–Crippen LogP) is 3.97. The van der Waals surface area contributed by atoms with Gasteiger partial charge in [0, 0.05) is 30.9 Å². The van der Waals surface area contributed by atoms with Gasteiger partial charge in [-0.15, -0.1) is 0 Å². The average molecular weight is 462 g/mol. The highest BCUT2D eigenvalue weighted by Crippen LogP contribution is 2.39. The molecule has 0 amide bonds. The van der Waals surface area contributed by atoms with Gasteiger partial charge in [0.1, 0.15) is 18.0 Å². The number of benzene rings is 1. The molecule has 1 atom stereocenters. The molecule has 34 heavy (non-hydrogen) atoms. The van der Waals surface area contributed by atoms with E-state index < -0.39 is 0 Å². The SMILES string of the molecule is COc1cc(-n2cnc(Nc3nc(N4CCC[C@H]4C)nc4ncccc34)c2)cc(OC)c1OC. The standard InChI is InChI=1S/C24H27N7O3/c1-15-7-6-10-31(15)24-28-22-17(8-5-9-25-22)23(29-24)27-20-13-30(14-26-20)16-11-18(32-2)21(34-4)19(12-16)33-3/h5,8-9,11-15H,6-7,10H2,1-4H3,(H,25,27,28,29)/t15-/m1/s1. The smallest absolute Gasteiger partial charge is 0.229 e. The molecule has 0 aliphatic carbocycles. The third kappa shape index (κ3) is 3.91. The summed E-state index contributed by atoms with van der Waals surface area (Å²) in [5, 5.41) is 4.19. The summed E-state index contributed by atoms with van der Waals surface area (Å²) in [6, 6.07) is 7.96. The Labute approximate surface area is 197 Å². The molecule has 1 aliphatic rings. The molecular weight excluding hydrogens is 434 g/mol. The number of ether oxygens (including phenoxy) is 3. The molecule has 3 aromatic heterocycles. The number of anilines is 3. The first kappa shape index (κ1) is 21.7. The van der Waals surface area contributed by atoms with Crippen LogP contribution in [0.3, 0.4) is 0 Å². The van der Waals surface area contributed by atoms with Crippen LogP contribution in [0.15, 0.2) is 43.0 Å². The van der Waals surface area contributed by atoms with Gasteiger partial charge in [0.2, 0.25) is 11.7 Å². The molecule has 10 heteroatoms. The molecule has 1 aromatic carbocycles. The molecule has 1 fully saturated rings. The van der Waals surface area contributed by atoms with Crippen molar-refractivity contribution < 1.29 is 14.2 Å². The number of rotatable bonds is 7. The van der Waals surface area contributed by atoms with E-state index in [1.807, 2.05) is 35.0 Å². The lowest BCUT2D eigenvalue weighted by atomic mass is 10.2. The highest BCUT2D eigenvalue weighted by Gasteiger charge is 2.24. The summed E-state index contributed by atoms with van der Waals surface area (Å²) in [5.41, 5.74) is 1.47. The van der Waals surface area contributed by atoms with E-state index in [9.17, 15) is 0 Å². The Balaban J connectivity index is 1.50. The van der Waals surface area contributed by atoms with E-state index in [0.29, 0.717) is 46.5 Å². The topological polar surface area (TPSA) is 99.5 Å². The highest BCUT2D eigenvalue weighted by atomic mass is 16.5. The lowest BCUT2D eigenvalue weighted by molar-refractivity contribution is 0.324. The summed E-state index contributed by atoms with van der Waals surface area (Å²) in [7, 11) is 4.77. The molecule has 0 radical (unpaired) electrons. The van der Waals surface area contributed by atoms with Crippen LogP contribution in [-0.2, 0) is 0 Å². The van der Waals surface area contributed by atoms with Crippen molar-refractivity contribution in [3.05, 3.63) is 43.0 Å². The van der Waals surface area contributed by atoms with Crippen LogP contribution in [0.1, 0.15) is 19.8 Å². The lowest BCUT2D eigenvalue weighted by Crippen LogP contribution is -2.28. The molecule has 1 N–H and O–H groups in total. The first-order valence-electron chi connectivity index (χ1n) is 11.1. The van der Waals surface area contributed by atoms with Crippen molar-refractivity contribution in [1.82, 2.24) is 24.5 Å². The average Bonchev–Trinajstić information content (AvgIpc) is 3.52. The Hall–Kier alpha value is -4.08. The van der Waals surface area contributed by atoms with Crippen LogP contribution >= 0.6 is 0 Å². The normalized spacial score (nSPS) is 15.5. The quantitative estimate of drug-likeness (QED) is 0.438. The molecule has 0 saturated carbocycles. The first-order chi connectivity index (χ1) is 16.6. The number of pyridine rings is 1. The predicted molar refractivity (Wildman–Crippen MR) is 130 cm³/mol. The van der Waals surface area contributed by atoms with E-state index in [2.05, 4.69) is 27.1 Å². The summed E-state index contributed by atoms with van der Waals surface area (Å²) in [4.78, 5) is 20.8. The molecule has 10 nitrogen and oxygen atoms in total. The second-order valence-electron chi connectivity index (χ2n) is 8.11. The third-order valence-electron chi connectivity index (χ3n) is 6.05. The summed E-state index contributed by atoms with van der Waals surface area (Å²) >= 11 is 0. The highest BCUT2D eigenvalue weighted by molar-refractivity contribution is 5.89. The Morgan fingerprint density at radius 2 is 1.82 bits per heavy atom. The minimum atomic E-state index is 0.397. The Kier molecular flexibility index (Phi) is 5.79. The number of hydrogen-bond acceptors (Lipinski definition) is 9. The molecule has 176 valence electrons. The molecule has 4 aromatic rings. The van der Waals surface area contributed by atoms with Gasteiger partial charge in [-0.05, 0) is 31.9 Å². The zero-order valence-corrected chi connectivity index (χ0v) is 19.6. The number of aromatic nitrogens is 5. The van der Waals surface area contributed by atoms with E-state index in [1.165, 1.54) is 0 Å². The molecular formula is C24H27N7O3. The summed E-state index contributed by atoms with van der Waals surface area (Å²) in [5.74, 6) is 3.66. The van der Waals surface area contributed by atoms with E-state index in [0.717, 1.165) is 30.5 Å². The van der Waals surface area contributed by atoms with Crippen molar-refractivity contribution in [2.45, 2.75) is 25.8 Å². The van der Waals surface area contributed by atoms with Gasteiger partial charge >= 0.3 is 0 Å². The van der Waals surface area contributed by atoms with Gasteiger partial charge in [0.05, 0.1) is 38.6 Å². The van der Waals surface area contributed by atoms with Gasteiger partial charge in [-0.25, -0.2) is 9.97 Å². The van der Waals surface area contributed by atoms with Crippen molar-refractivity contribution in [3.8, 4) is 22.9 Å². The van der Waals surface area contributed by atoms with Crippen LogP contribution in [0.4, 0.5) is 17.6 Å². The number of nitrogens with one attached hydrogen (secondary N) is 1. The number of imidazole rings is 1. The Morgan fingerprint density at radius 3 is 2.50 bits per heavy atom. The molecule has 5 rings (SSSR count). The molecule has 4 heterocycles. The fourth-order valence-electron chi connectivity index (χ4n) is 4.27. The van der Waals surface area contributed by atoms with E-state index in [4.69, 9.17) is 24.2 Å². The minimum absolute atomic E-state index is 0.397. The van der Waals surface area contributed by atoms with Gasteiger partial charge < -0.3 is 29.0 Å². The number of hydrogen-bond donors (Lipinski definition) is 1. The van der Waals surface area contributed by atoms with Crippen LogP contribution < -0.4 is 24.4 Å². The maximum Gasteiger partial charge on any atom is 0.229 e. The number of nitrogens with zero attached hydrogens (tertiary/aromatic N) is 6. The van der Waals surface area contributed by atoms with Crippen LogP contribution in [-0.4, -0.2) is 58.4 Å². The lowest BCUT2D eigenvalue weighted by Gasteiger charge is -2.22. The summed E-state index contributed by atoms with van der Waals surface area (Å²) < 4.78 is 18.3. The van der Waals surface area contributed by atoms with Gasteiger partial charge in [-0.2, -0.15) is 9.97 Å². The minimum Gasteiger partial charge on any atom is -0.493 e. The van der Waals surface area contributed by atoms with E-state index in [1.54, 1.807) is 33.9 Å². The molecule has 1 saturated heterocycles. The molecule has 0 unspecified atom stereocenters. The van der Waals surface area contributed by atoms with E-state index in [-0.39, 0.29) is 0 Å². The molecule has 1 aliphatic heterocycles. The maximum absolute atomic E-state index is 5.48. The first-order valence-corrected chi connectivity index (χ1v) is 11.1. The zero-order valence-electron chi connectivity index (χ0n) is 19.6. The summed E-state index contributed by atoms with van der Waals surface area (Å²) in [6.45, 7) is 3.14. The van der Waals surface area contributed by atoms with Crippen molar-refractivity contribution >= 4 is 28.6 Å². The van der Waals surface area contributed by atoms with Crippen LogP contribution in [0, 0.1) is 0 Å². The Morgan fingerprint density at radius 1 is 1.03 bits per heavy atom. The van der Waals surface area contributed by atoms with Gasteiger partial charge in [0.15, 0.2) is 17.1 Å². The second-order valence-corrected chi connectivity index (χ2v) is 8.11. The number of fused-ring (bicyclic) bond motifs is 1. The van der Waals surface area contributed by atoms with Crippen LogP contribution in [0.2, 0.25) is 0 Å². The molecule has 0 spiro atoms. The monoisotopic (exact) mass is 461 g/mol. The van der Waals surface area contributed by atoms with Crippen LogP contribution in [0.5, 0.6) is 17.2 Å². The fraction of sp³-hybridized carbons (Fsp3) is 0.333. The van der Waals surface area contributed by atoms with Gasteiger partial charge in [-0.3, -0.25) is 0 Å². The second kappa shape index (κ2) is 9.05. The fourth-order valence-corrected chi connectivity index (χ4v) is 4.27. The van der Waals surface area contributed by atoms with E-state index >= 15 is 0 Å². The van der Waals surface area contributed by atoms with Crippen LogP contribution in [0.25, 0.3) is 16.7 Å². The van der Waals surface area contributed by atoms with Gasteiger partial charge in [0.25, 0.3) is 0 Å². The third-order valence-corrected chi connectivity index (χ3v) is 6.05.